The van der Waals surface area contributed by atoms with Crippen LogP contribution in [0.15, 0.2) is 24.3 Å². The standard InChI is InChI=1S/C11H12F3N3/c12-11(13,14)9-6-7-10(17-16-9)15-8-4-2-1-3-5-8/h2,4,6-8H,1,3,5H2,(H,15,17). The van der Waals surface area contributed by atoms with Crippen LogP contribution >= 0.6 is 0 Å². The third kappa shape index (κ3) is 3.18. The van der Waals surface area contributed by atoms with E-state index in [4.69, 9.17) is 0 Å². The molecule has 0 radical (unpaired) electrons. The molecule has 0 saturated heterocycles. The Morgan fingerprint density at radius 2 is 2.06 bits per heavy atom. The average Bonchev–Trinajstić information content (AvgIpc) is 2.30. The number of aromatic nitrogens is 2. The average molecular weight is 243 g/mol. The zero-order chi connectivity index (χ0) is 12.3. The fourth-order valence-corrected chi connectivity index (χ4v) is 1.68. The summed E-state index contributed by atoms with van der Waals surface area (Å²) < 4.78 is 36.7. The van der Waals surface area contributed by atoms with Gasteiger partial charge in [-0.05, 0) is 31.4 Å². The summed E-state index contributed by atoms with van der Waals surface area (Å²) in [5.74, 6) is 0.370. The maximum Gasteiger partial charge on any atom is 0.435 e. The first-order chi connectivity index (χ1) is 8.05. The SMILES string of the molecule is FC(F)(F)c1ccc(NC2C=CCCC2)nn1. The monoisotopic (exact) mass is 243 g/mol. The second-order valence-corrected chi connectivity index (χ2v) is 3.91. The van der Waals surface area contributed by atoms with Crippen molar-refractivity contribution in [3.63, 3.8) is 0 Å². The van der Waals surface area contributed by atoms with Crippen LogP contribution in [0.2, 0.25) is 0 Å². The molecule has 92 valence electrons. The van der Waals surface area contributed by atoms with Gasteiger partial charge in [0.1, 0.15) is 5.82 Å². The van der Waals surface area contributed by atoms with Crippen molar-refractivity contribution in [2.75, 3.05) is 5.32 Å². The van der Waals surface area contributed by atoms with Crippen LogP contribution in [-0.4, -0.2) is 16.2 Å². The van der Waals surface area contributed by atoms with E-state index >= 15 is 0 Å². The van der Waals surface area contributed by atoms with Gasteiger partial charge in [-0.3, -0.25) is 0 Å². The number of nitrogens with one attached hydrogen (secondary N) is 1. The fraction of sp³-hybridized carbons (Fsp3) is 0.455. The van der Waals surface area contributed by atoms with E-state index in [1.807, 2.05) is 6.08 Å². The molecule has 0 fully saturated rings. The van der Waals surface area contributed by atoms with Gasteiger partial charge in [0.05, 0.1) is 0 Å². The molecule has 1 heterocycles. The normalized spacial score (nSPS) is 20.3. The fourth-order valence-electron chi connectivity index (χ4n) is 1.68. The molecule has 0 aromatic carbocycles. The van der Waals surface area contributed by atoms with Crippen molar-refractivity contribution in [3.05, 3.63) is 30.0 Å². The van der Waals surface area contributed by atoms with Crippen LogP contribution in [0.25, 0.3) is 0 Å². The number of hydrogen-bond acceptors (Lipinski definition) is 3. The number of anilines is 1. The third-order valence-electron chi connectivity index (χ3n) is 2.54. The molecule has 2 rings (SSSR count). The Bertz CT molecular complexity index is 397. The van der Waals surface area contributed by atoms with E-state index in [9.17, 15) is 13.2 Å². The summed E-state index contributed by atoms with van der Waals surface area (Å²) in [5, 5.41) is 9.71. The largest absolute Gasteiger partial charge is 0.435 e. The second-order valence-electron chi connectivity index (χ2n) is 3.91. The zero-order valence-electron chi connectivity index (χ0n) is 9.04. The Morgan fingerprint density at radius 3 is 2.59 bits per heavy atom. The van der Waals surface area contributed by atoms with Gasteiger partial charge in [-0.25, -0.2) is 0 Å². The highest BCUT2D eigenvalue weighted by Crippen LogP contribution is 2.27. The van der Waals surface area contributed by atoms with Gasteiger partial charge < -0.3 is 5.32 Å². The molecule has 1 atom stereocenters. The summed E-state index contributed by atoms with van der Waals surface area (Å²) in [6.45, 7) is 0. The van der Waals surface area contributed by atoms with E-state index in [1.54, 1.807) is 0 Å². The molecule has 1 aliphatic rings. The maximum atomic E-state index is 12.2. The number of halogens is 3. The van der Waals surface area contributed by atoms with Crippen molar-refractivity contribution in [1.82, 2.24) is 10.2 Å². The molecule has 0 saturated carbocycles. The van der Waals surface area contributed by atoms with Crippen LogP contribution in [0, 0.1) is 0 Å². The number of allylic oxidation sites excluding steroid dienone is 1. The van der Waals surface area contributed by atoms with Crippen LogP contribution in [-0.2, 0) is 6.18 Å². The van der Waals surface area contributed by atoms with Gasteiger partial charge in [0.2, 0.25) is 0 Å². The van der Waals surface area contributed by atoms with E-state index in [0.717, 1.165) is 25.3 Å². The molecule has 1 aromatic rings. The molecule has 0 bridgehead atoms. The van der Waals surface area contributed by atoms with Gasteiger partial charge in [0.15, 0.2) is 5.69 Å². The highest BCUT2D eigenvalue weighted by atomic mass is 19.4. The van der Waals surface area contributed by atoms with Crippen molar-refractivity contribution in [2.45, 2.75) is 31.5 Å². The smallest absolute Gasteiger partial charge is 0.362 e. The van der Waals surface area contributed by atoms with Gasteiger partial charge >= 0.3 is 6.18 Å². The lowest BCUT2D eigenvalue weighted by Crippen LogP contribution is -2.20. The lowest BCUT2D eigenvalue weighted by Gasteiger charge is -2.18. The Hall–Kier alpha value is -1.59. The van der Waals surface area contributed by atoms with Gasteiger partial charge in [0.25, 0.3) is 0 Å². The quantitative estimate of drug-likeness (QED) is 0.811. The van der Waals surface area contributed by atoms with Crippen molar-refractivity contribution < 1.29 is 13.2 Å². The van der Waals surface area contributed by atoms with Crippen LogP contribution < -0.4 is 5.32 Å². The lowest BCUT2D eigenvalue weighted by molar-refractivity contribution is -0.141. The molecule has 1 aromatic heterocycles. The molecular weight excluding hydrogens is 231 g/mol. The number of rotatable bonds is 2. The highest BCUT2D eigenvalue weighted by molar-refractivity contribution is 5.36. The van der Waals surface area contributed by atoms with Crippen molar-refractivity contribution in [3.8, 4) is 0 Å². The van der Waals surface area contributed by atoms with Gasteiger partial charge in [-0.2, -0.15) is 13.2 Å². The topological polar surface area (TPSA) is 37.8 Å². The van der Waals surface area contributed by atoms with Gasteiger partial charge in [0, 0.05) is 6.04 Å². The molecule has 17 heavy (non-hydrogen) atoms. The zero-order valence-corrected chi connectivity index (χ0v) is 9.04. The predicted octanol–water partition coefficient (Wildman–Crippen LogP) is 3.02. The van der Waals surface area contributed by atoms with Crippen LogP contribution in [0.4, 0.5) is 19.0 Å². The summed E-state index contributed by atoms with van der Waals surface area (Å²) in [6, 6.07) is 2.37. The first-order valence-electron chi connectivity index (χ1n) is 5.40. The first kappa shape index (κ1) is 11.9. The van der Waals surface area contributed by atoms with Crippen LogP contribution in [0.1, 0.15) is 25.0 Å². The van der Waals surface area contributed by atoms with E-state index in [1.165, 1.54) is 6.07 Å². The number of nitrogens with zero attached hydrogens (tertiary/aromatic N) is 2. The van der Waals surface area contributed by atoms with E-state index < -0.39 is 11.9 Å². The van der Waals surface area contributed by atoms with Gasteiger partial charge in [-0.1, -0.05) is 12.2 Å². The predicted molar refractivity (Wildman–Crippen MR) is 57.4 cm³/mol. The number of hydrogen-bond donors (Lipinski definition) is 1. The minimum absolute atomic E-state index is 0.134. The molecular formula is C11H12F3N3. The van der Waals surface area contributed by atoms with Gasteiger partial charge in [-0.15, -0.1) is 10.2 Å². The van der Waals surface area contributed by atoms with Crippen molar-refractivity contribution in [1.29, 1.82) is 0 Å². The molecule has 6 heteroatoms. The van der Waals surface area contributed by atoms with Crippen LogP contribution in [0.5, 0.6) is 0 Å². The molecule has 3 nitrogen and oxygen atoms in total. The minimum Gasteiger partial charge on any atom is -0.362 e. The van der Waals surface area contributed by atoms with E-state index in [2.05, 4.69) is 21.6 Å². The third-order valence-corrected chi connectivity index (χ3v) is 2.54. The molecule has 0 amide bonds. The molecule has 0 spiro atoms. The summed E-state index contributed by atoms with van der Waals surface area (Å²) in [4.78, 5) is 0. The maximum absolute atomic E-state index is 12.2. The minimum atomic E-state index is -4.43. The molecule has 1 N–H and O–H groups in total. The highest BCUT2D eigenvalue weighted by Gasteiger charge is 2.32. The number of alkyl halides is 3. The van der Waals surface area contributed by atoms with E-state index in [-0.39, 0.29) is 6.04 Å². The molecule has 1 unspecified atom stereocenters. The molecule has 0 aliphatic heterocycles. The summed E-state index contributed by atoms with van der Waals surface area (Å²) in [5.41, 5.74) is -0.970. The Labute approximate surface area is 96.7 Å². The summed E-state index contributed by atoms with van der Waals surface area (Å²) >= 11 is 0. The lowest BCUT2D eigenvalue weighted by atomic mass is 10.0. The van der Waals surface area contributed by atoms with E-state index in [0.29, 0.717) is 5.82 Å². The van der Waals surface area contributed by atoms with Crippen molar-refractivity contribution >= 4 is 5.82 Å². The molecule has 1 aliphatic carbocycles. The first-order valence-corrected chi connectivity index (χ1v) is 5.40. The summed E-state index contributed by atoms with van der Waals surface area (Å²) in [6.07, 6.45) is 2.70. The van der Waals surface area contributed by atoms with Crippen molar-refractivity contribution in [2.24, 2.45) is 0 Å². The Kier molecular flexibility index (Phi) is 3.31. The second kappa shape index (κ2) is 4.73. The Morgan fingerprint density at radius 1 is 1.24 bits per heavy atom. The summed E-state index contributed by atoms with van der Waals surface area (Å²) in [7, 11) is 0. The van der Waals surface area contributed by atoms with Crippen LogP contribution in [0.3, 0.4) is 0 Å². The Balaban J connectivity index is 2.03.